The van der Waals surface area contributed by atoms with E-state index in [1.165, 1.54) is 25.1 Å². The van der Waals surface area contributed by atoms with E-state index in [-0.39, 0.29) is 16.5 Å². The number of amides is 2. The summed E-state index contributed by atoms with van der Waals surface area (Å²) >= 11 is 1.42. The Morgan fingerprint density at radius 3 is 2.75 bits per heavy atom. The second-order valence-electron chi connectivity index (χ2n) is 5.84. The number of nitrogens with zero attached hydrogens (tertiary/aromatic N) is 2. The topological polar surface area (TPSA) is 128 Å². The third-order valence-electron chi connectivity index (χ3n) is 3.96. The molecule has 0 aliphatic heterocycles. The zero-order valence-electron chi connectivity index (χ0n) is 15.4. The van der Waals surface area contributed by atoms with Crippen LogP contribution < -0.4 is 20.5 Å². The van der Waals surface area contributed by atoms with Gasteiger partial charge in [0.15, 0.2) is 0 Å². The molecule has 3 rings (SSSR count). The van der Waals surface area contributed by atoms with E-state index in [0.29, 0.717) is 16.7 Å². The zero-order valence-corrected chi connectivity index (χ0v) is 17.0. The molecule has 9 nitrogen and oxygen atoms in total. The number of nitrogen functional groups attached to an aromatic ring is 1. The van der Waals surface area contributed by atoms with Gasteiger partial charge in [-0.1, -0.05) is 12.1 Å². The molecule has 0 saturated heterocycles. The molecule has 0 aliphatic carbocycles. The van der Waals surface area contributed by atoms with Crippen LogP contribution >= 0.6 is 11.8 Å². The lowest BCUT2D eigenvalue weighted by atomic mass is 10.2. The number of aryl methyl sites for hydroxylation is 1. The Labute approximate surface area is 166 Å². The van der Waals surface area contributed by atoms with Gasteiger partial charge >= 0.3 is 6.03 Å². The number of carbonyl (C=O) groups is 1. The fourth-order valence-corrected chi connectivity index (χ4v) is 4.42. The number of urea groups is 1. The number of pyridine rings is 1. The first kappa shape index (κ1) is 19.8. The maximum Gasteiger partial charge on any atom is 0.334 e. The minimum atomic E-state index is -4.14. The molecule has 0 atom stereocenters. The molecule has 0 bridgehead atoms. The van der Waals surface area contributed by atoms with Gasteiger partial charge in [-0.25, -0.2) is 22.9 Å². The van der Waals surface area contributed by atoms with Crippen LogP contribution in [0.1, 0.15) is 0 Å². The average molecular weight is 422 g/mol. The molecule has 2 amide bonds. The molecule has 0 unspecified atom stereocenters. The lowest BCUT2D eigenvalue weighted by Gasteiger charge is -2.09. The van der Waals surface area contributed by atoms with Crippen molar-refractivity contribution in [2.75, 3.05) is 24.4 Å². The minimum Gasteiger partial charge on any atom is -0.495 e. The first-order valence-corrected chi connectivity index (χ1v) is 10.7. The molecular weight excluding hydrogens is 402 g/mol. The molecule has 3 aromatic rings. The number of carbonyl (C=O) groups excluding carboxylic acids is 1. The number of hydrogen-bond acceptors (Lipinski definition) is 7. The van der Waals surface area contributed by atoms with Gasteiger partial charge in [-0.3, -0.25) is 5.32 Å². The molecule has 0 fully saturated rings. The van der Waals surface area contributed by atoms with Crippen molar-refractivity contribution in [1.29, 1.82) is 0 Å². The van der Waals surface area contributed by atoms with Crippen molar-refractivity contribution in [3.05, 3.63) is 36.5 Å². The van der Waals surface area contributed by atoms with Crippen molar-refractivity contribution in [2.24, 2.45) is 7.05 Å². The number of para-hydroxylation sites is 1. The summed E-state index contributed by atoms with van der Waals surface area (Å²) in [6.45, 7) is 0. The van der Waals surface area contributed by atoms with Crippen LogP contribution in [0.25, 0.3) is 10.9 Å². The lowest BCUT2D eigenvalue weighted by Crippen LogP contribution is -2.34. The molecule has 0 spiro atoms. The molecule has 0 radical (unpaired) electrons. The predicted octanol–water partition coefficient (Wildman–Crippen LogP) is 2.40. The minimum absolute atomic E-state index is 0.0376. The van der Waals surface area contributed by atoms with Crippen molar-refractivity contribution in [1.82, 2.24) is 14.3 Å². The predicted molar refractivity (Wildman–Crippen MR) is 109 cm³/mol. The summed E-state index contributed by atoms with van der Waals surface area (Å²) in [4.78, 5) is 17.0. The summed E-state index contributed by atoms with van der Waals surface area (Å²) in [6.07, 6.45) is 3.27. The molecular formula is C17H19N5O4S2. The maximum atomic E-state index is 12.8. The monoisotopic (exact) mass is 421 g/mol. The lowest BCUT2D eigenvalue weighted by molar-refractivity contribution is 0.256. The van der Waals surface area contributed by atoms with E-state index in [0.717, 1.165) is 4.90 Å². The molecule has 2 aromatic heterocycles. The van der Waals surface area contributed by atoms with Crippen molar-refractivity contribution in [3.8, 4) is 5.75 Å². The van der Waals surface area contributed by atoms with E-state index in [1.54, 1.807) is 41.9 Å². The second kappa shape index (κ2) is 7.60. The van der Waals surface area contributed by atoms with Gasteiger partial charge < -0.3 is 15.0 Å². The van der Waals surface area contributed by atoms with Gasteiger partial charge in [-0.2, -0.15) is 0 Å². The third-order valence-corrected chi connectivity index (χ3v) is 6.03. The van der Waals surface area contributed by atoms with Crippen molar-refractivity contribution >= 4 is 50.4 Å². The van der Waals surface area contributed by atoms with Crippen molar-refractivity contribution < 1.29 is 17.9 Å². The van der Waals surface area contributed by atoms with Crippen molar-refractivity contribution in [3.63, 3.8) is 0 Å². The van der Waals surface area contributed by atoms with Crippen LogP contribution in [0, 0.1) is 0 Å². The summed E-state index contributed by atoms with van der Waals surface area (Å²) in [5, 5.41) is 2.83. The Hall–Kier alpha value is -2.92. The van der Waals surface area contributed by atoms with Gasteiger partial charge in [0, 0.05) is 23.5 Å². The van der Waals surface area contributed by atoms with Gasteiger partial charge in [0.2, 0.25) is 0 Å². The molecule has 0 saturated carbocycles. The van der Waals surface area contributed by atoms with Gasteiger partial charge in [-0.15, -0.1) is 11.8 Å². The van der Waals surface area contributed by atoms with Crippen LogP contribution in [0.15, 0.2) is 46.3 Å². The number of thioether (sulfide) groups is 1. The standard InChI is InChI=1S/C17H19N5O4S2/c1-22-9-13(11-5-4-6-12(26-2)16(11)22)28(24,25)21-17(23)20-15-8-10(27-3)7-14(18)19-15/h4-9H,1-3H3,(H4,18,19,20,21,23). The molecule has 11 heteroatoms. The number of fused-ring (bicyclic) bond motifs is 1. The van der Waals surface area contributed by atoms with E-state index < -0.39 is 16.1 Å². The third kappa shape index (κ3) is 3.85. The zero-order chi connectivity index (χ0) is 20.5. The highest BCUT2D eigenvalue weighted by atomic mass is 32.2. The SMILES string of the molecule is COc1cccc2c(S(=O)(=O)NC(=O)Nc3cc(SC)cc(N)n3)cn(C)c12. The Kier molecular flexibility index (Phi) is 5.38. The molecule has 148 valence electrons. The fraction of sp³-hybridized carbons (Fsp3) is 0.176. The van der Waals surface area contributed by atoms with Crippen LogP contribution in [0.5, 0.6) is 5.75 Å². The highest BCUT2D eigenvalue weighted by Gasteiger charge is 2.24. The number of aromatic nitrogens is 2. The van der Waals surface area contributed by atoms with E-state index in [4.69, 9.17) is 10.5 Å². The Balaban J connectivity index is 1.89. The smallest absolute Gasteiger partial charge is 0.334 e. The fourth-order valence-electron chi connectivity index (χ4n) is 2.80. The number of anilines is 2. The summed E-state index contributed by atoms with van der Waals surface area (Å²) in [7, 11) is -0.937. The van der Waals surface area contributed by atoms with Gasteiger partial charge in [0.05, 0.1) is 12.6 Å². The molecule has 1 aromatic carbocycles. The van der Waals surface area contributed by atoms with Crippen LogP contribution in [0.4, 0.5) is 16.4 Å². The van der Waals surface area contributed by atoms with E-state index >= 15 is 0 Å². The Bertz CT molecular complexity index is 1160. The normalized spacial score (nSPS) is 11.4. The Morgan fingerprint density at radius 1 is 1.32 bits per heavy atom. The second-order valence-corrected chi connectivity index (χ2v) is 8.37. The molecule has 28 heavy (non-hydrogen) atoms. The number of hydrogen-bond donors (Lipinski definition) is 3. The molecule has 4 N–H and O–H groups in total. The number of rotatable bonds is 5. The van der Waals surface area contributed by atoms with Crippen molar-refractivity contribution in [2.45, 2.75) is 9.79 Å². The summed E-state index contributed by atoms with van der Waals surface area (Å²) in [5.41, 5.74) is 6.30. The number of methoxy groups -OCH3 is 1. The van der Waals surface area contributed by atoms with Gasteiger partial charge in [0.25, 0.3) is 10.0 Å². The maximum absolute atomic E-state index is 12.8. The first-order chi connectivity index (χ1) is 13.2. The van der Waals surface area contributed by atoms with E-state index in [2.05, 4.69) is 10.3 Å². The van der Waals surface area contributed by atoms with Gasteiger partial charge in [0.1, 0.15) is 22.3 Å². The number of nitrogens with one attached hydrogen (secondary N) is 2. The van der Waals surface area contributed by atoms with Crippen LogP contribution in [-0.2, 0) is 17.1 Å². The van der Waals surface area contributed by atoms with E-state index in [1.807, 2.05) is 11.0 Å². The van der Waals surface area contributed by atoms with Crippen LogP contribution in [-0.4, -0.2) is 37.4 Å². The highest BCUT2D eigenvalue weighted by molar-refractivity contribution is 7.98. The van der Waals surface area contributed by atoms with E-state index in [9.17, 15) is 13.2 Å². The summed E-state index contributed by atoms with van der Waals surface area (Å²) in [6, 6.07) is 7.36. The first-order valence-electron chi connectivity index (χ1n) is 8.02. The van der Waals surface area contributed by atoms with Gasteiger partial charge in [-0.05, 0) is 24.5 Å². The van der Waals surface area contributed by atoms with Crippen LogP contribution in [0.2, 0.25) is 0 Å². The number of nitrogens with two attached hydrogens (primary N) is 1. The number of benzene rings is 1. The Morgan fingerprint density at radius 2 is 2.07 bits per heavy atom. The largest absolute Gasteiger partial charge is 0.495 e. The average Bonchev–Trinajstić information content (AvgIpc) is 2.98. The summed E-state index contributed by atoms with van der Waals surface area (Å²) < 4.78 is 34.5. The summed E-state index contributed by atoms with van der Waals surface area (Å²) in [5.74, 6) is 0.891. The van der Waals surface area contributed by atoms with Crippen LogP contribution in [0.3, 0.4) is 0 Å². The highest BCUT2D eigenvalue weighted by Crippen LogP contribution is 2.31. The quantitative estimate of drug-likeness (QED) is 0.540. The molecule has 2 heterocycles. The number of sulfonamides is 1. The number of ether oxygens (including phenoxy) is 1. The molecule has 0 aliphatic rings.